The van der Waals surface area contributed by atoms with E-state index in [4.69, 9.17) is 0 Å². The van der Waals surface area contributed by atoms with Crippen LogP contribution in [0.15, 0.2) is 6.20 Å². The molecule has 1 saturated carbocycles. The van der Waals surface area contributed by atoms with Crippen LogP contribution in [0, 0.1) is 13.8 Å². The first kappa shape index (κ1) is 11.7. The Morgan fingerprint density at radius 3 is 2.75 bits per heavy atom. The smallest absolute Gasteiger partial charge is 0.147 e. The molecule has 1 aliphatic carbocycles. The normalized spacial score (nSPS) is 17.9. The van der Waals surface area contributed by atoms with Crippen LogP contribution in [0.5, 0.6) is 0 Å². The first-order chi connectivity index (χ1) is 7.65. The zero-order valence-corrected chi connectivity index (χ0v) is 11.0. The molecule has 0 spiro atoms. The number of thioether (sulfide) groups is 1. The Bertz CT molecular complexity index is 369. The van der Waals surface area contributed by atoms with Gasteiger partial charge in [-0.1, -0.05) is 6.42 Å². The number of rotatable bonds is 4. The number of aryl methyl sites for hydroxylation is 2. The lowest BCUT2D eigenvalue weighted by Crippen LogP contribution is -2.40. The number of nitrogens with zero attached hydrogens (tertiary/aromatic N) is 2. The van der Waals surface area contributed by atoms with Crippen molar-refractivity contribution in [3.63, 3.8) is 0 Å². The van der Waals surface area contributed by atoms with E-state index in [0.717, 1.165) is 23.8 Å². The van der Waals surface area contributed by atoms with E-state index in [1.165, 1.54) is 19.3 Å². The summed E-state index contributed by atoms with van der Waals surface area (Å²) in [5.41, 5.74) is 1.96. The number of aromatic nitrogens is 2. The van der Waals surface area contributed by atoms with Crippen LogP contribution in [0.2, 0.25) is 0 Å². The summed E-state index contributed by atoms with van der Waals surface area (Å²) in [5.74, 6) is 0.945. The second-order valence-corrected chi connectivity index (χ2v) is 5.81. The van der Waals surface area contributed by atoms with Crippen molar-refractivity contribution in [1.82, 2.24) is 9.97 Å². The second kappa shape index (κ2) is 4.62. The fraction of sp³-hybridized carbons (Fsp3) is 0.667. The summed E-state index contributed by atoms with van der Waals surface area (Å²) in [6.45, 7) is 4.99. The highest BCUT2D eigenvalue weighted by Gasteiger charge is 2.35. The lowest BCUT2D eigenvalue weighted by molar-refractivity contribution is 0.379. The Labute approximate surface area is 101 Å². The van der Waals surface area contributed by atoms with Gasteiger partial charge in [0.05, 0.1) is 11.4 Å². The molecule has 0 amide bonds. The van der Waals surface area contributed by atoms with E-state index >= 15 is 0 Å². The maximum atomic E-state index is 4.49. The lowest BCUT2D eigenvalue weighted by atomic mass is 9.84. The van der Waals surface area contributed by atoms with Gasteiger partial charge in [-0.05, 0) is 32.9 Å². The molecule has 0 bridgehead atoms. The molecule has 0 saturated heterocycles. The maximum absolute atomic E-state index is 4.49. The minimum absolute atomic E-state index is 0.442. The first-order valence-corrected chi connectivity index (χ1v) is 6.97. The quantitative estimate of drug-likeness (QED) is 0.874. The summed E-state index contributed by atoms with van der Waals surface area (Å²) in [4.78, 5) is 8.80. The Hall–Kier alpha value is -0.770. The maximum Gasteiger partial charge on any atom is 0.147 e. The highest BCUT2D eigenvalue weighted by Crippen LogP contribution is 2.42. The summed E-state index contributed by atoms with van der Waals surface area (Å²) in [6, 6.07) is 0. The highest BCUT2D eigenvalue weighted by atomic mass is 32.2. The molecular weight excluding hydrogens is 218 g/mol. The highest BCUT2D eigenvalue weighted by molar-refractivity contribution is 8.00. The van der Waals surface area contributed by atoms with Crippen molar-refractivity contribution in [2.75, 3.05) is 18.1 Å². The van der Waals surface area contributed by atoms with E-state index in [1.54, 1.807) is 0 Å². The van der Waals surface area contributed by atoms with Crippen molar-refractivity contribution in [3.8, 4) is 0 Å². The Balaban J connectivity index is 2.01. The topological polar surface area (TPSA) is 37.8 Å². The molecule has 0 unspecified atom stereocenters. The van der Waals surface area contributed by atoms with Crippen LogP contribution in [-0.4, -0.2) is 27.5 Å². The third kappa shape index (κ3) is 2.32. The van der Waals surface area contributed by atoms with Crippen LogP contribution >= 0.6 is 11.8 Å². The number of hydrogen-bond acceptors (Lipinski definition) is 4. The van der Waals surface area contributed by atoms with Crippen molar-refractivity contribution in [1.29, 1.82) is 0 Å². The average molecular weight is 237 g/mol. The minimum Gasteiger partial charge on any atom is -0.367 e. The van der Waals surface area contributed by atoms with E-state index < -0.39 is 0 Å². The van der Waals surface area contributed by atoms with Gasteiger partial charge < -0.3 is 5.32 Å². The minimum atomic E-state index is 0.442. The van der Waals surface area contributed by atoms with Gasteiger partial charge in [-0.3, -0.25) is 4.98 Å². The molecule has 88 valence electrons. The van der Waals surface area contributed by atoms with Gasteiger partial charge in [0.25, 0.3) is 0 Å². The van der Waals surface area contributed by atoms with Gasteiger partial charge in [0.1, 0.15) is 5.82 Å². The Morgan fingerprint density at radius 1 is 1.44 bits per heavy atom. The van der Waals surface area contributed by atoms with Crippen LogP contribution in [0.1, 0.15) is 30.7 Å². The molecule has 1 N–H and O–H groups in total. The predicted octanol–water partition coefficient (Wildman–Crippen LogP) is 2.79. The second-order valence-electron chi connectivity index (χ2n) is 4.54. The predicted molar refractivity (Wildman–Crippen MR) is 70.1 cm³/mol. The van der Waals surface area contributed by atoms with E-state index in [1.807, 2.05) is 31.8 Å². The fourth-order valence-electron chi connectivity index (χ4n) is 1.97. The monoisotopic (exact) mass is 237 g/mol. The number of nitrogens with one attached hydrogen (secondary N) is 1. The fourth-order valence-corrected chi connectivity index (χ4v) is 2.89. The Kier molecular flexibility index (Phi) is 3.38. The van der Waals surface area contributed by atoms with Gasteiger partial charge in [-0.15, -0.1) is 0 Å². The van der Waals surface area contributed by atoms with Crippen LogP contribution in [0.25, 0.3) is 0 Å². The lowest BCUT2D eigenvalue weighted by Gasteiger charge is -2.40. The molecule has 3 nitrogen and oxygen atoms in total. The van der Waals surface area contributed by atoms with Crippen LogP contribution in [0.4, 0.5) is 5.82 Å². The molecule has 4 heteroatoms. The van der Waals surface area contributed by atoms with Crippen LogP contribution in [-0.2, 0) is 0 Å². The van der Waals surface area contributed by atoms with Crippen LogP contribution in [0.3, 0.4) is 0 Å². The third-order valence-corrected chi connectivity index (χ3v) is 4.77. The van der Waals surface area contributed by atoms with Gasteiger partial charge in [0.15, 0.2) is 0 Å². The van der Waals surface area contributed by atoms with Crippen molar-refractivity contribution in [2.45, 2.75) is 37.9 Å². The number of hydrogen-bond donors (Lipinski definition) is 1. The molecule has 0 aromatic carbocycles. The molecule has 1 aromatic heterocycles. The molecule has 1 heterocycles. The first-order valence-electron chi connectivity index (χ1n) is 5.74. The van der Waals surface area contributed by atoms with Gasteiger partial charge in [0, 0.05) is 17.5 Å². The molecule has 0 atom stereocenters. The molecule has 0 radical (unpaired) electrons. The average Bonchev–Trinajstić information content (AvgIpc) is 2.22. The zero-order valence-electron chi connectivity index (χ0n) is 10.2. The standard InChI is InChI=1S/C12H19N3S/c1-9-7-13-10(2)11(15-9)14-8-12(16-3)5-4-6-12/h7H,4-6,8H2,1-3H3,(H,14,15). The molecule has 1 aromatic rings. The summed E-state index contributed by atoms with van der Waals surface area (Å²) in [7, 11) is 0. The summed E-state index contributed by atoms with van der Waals surface area (Å²) < 4.78 is 0.442. The summed E-state index contributed by atoms with van der Waals surface area (Å²) in [5, 5.41) is 3.45. The SMILES string of the molecule is CSC1(CNc2nc(C)cnc2C)CCC1. The van der Waals surface area contributed by atoms with Crippen molar-refractivity contribution >= 4 is 17.6 Å². The van der Waals surface area contributed by atoms with Gasteiger partial charge >= 0.3 is 0 Å². The zero-order chi connectivity index (χ0) is 11.6. The summed E-state index contributed by atoms with van der Waals surface area (Å²) in [6.07, 6.45) is 8.02. The van der Waals surface area contributed by atoms with Crippen molar-refractivity contribution < 1.29 is 0 Å². The van der Waals surface area contributed by atoms with E-state index in [0.29, 0.717) is 4.75 Å². The molecule has 0 aliphatic heterocycles. The van der Waals surface area contributed by atoms with Crippen molar-refractivity contribution in [2.24, 2.45) is 0 Å². The van der Waals surface area contributed by atoms with Crippen LogP contribution < -0.4 is 5.32 Å². The van der Waals surface area contributed by atoms with Gasteiger partial charge in [0.2, 0.25) is 0 Å². The largest absolute Gasteiger partial charge is 0.367 e. The molecule has 1 aliphatic rings. The van der Waals surface area contributed by atoms with Crippen molar-refractivity contribution in [3.05, 3.63) is 17.6 Å². The molecule has 2 rings (SSSR count). The number of anilines is 1. The molecule has 16 heavy (non-hydrogen) atoms. The molecule has 1 fully saturated rings. The van der Waals surface area contributed by atoms with Gasteiger partial charge in [-0.25, -0.2) is 4.98 Å². The molecular formula is C12H19N3S. The van der Waals surface area contributed by atoms with E-state index in [9.17, 15) is 0 Å². The Morgan fingerprint density at radius 2 is 2.19 bits per heavy atom. The summed E-state index contributed by atoms with van der Waals surface area (Å²) >= 11 is 1.98. The van der Waals surface area contributed by atoms with E-state index in [-0.39, 0.29) is 0 Å². The third-order valence-electron chi connectivity index (χ3n) is 3.35. The van der Waals surface area contributed by atoms with Gasteiger partial charge in [-0.2, -0.15) is 11.8 Å². The van der Waals surface area contributed by atoms with E-state index in [2.05, 4.69) is 21.5 Å².